The van der Waals surface area contributed by atoms with E-state index in [1.165, 1.54) is 45.1 Å². The Morgan fingerprint density at radius 2 is 2.06 bits per heavy atom. The molecule has 0 spiro atoms. The van der Waals surface area contributed by atoms with Crippen LogP contribution in [0.1, 0.15) is 44.6 Å². The van der Waals surface area contributed by atoms with Crippen molar-refractivity contribution >= 4 is 11.3 Å². The van der Waals surface area contributed by atoms with Crippen LogP contribution in [-0.2, 0) is 6.42 Å². The van der Waals surface area contributed by atoms with E-state index in [1.807, 2.05) is 11.3 Å². The predicted molar refractivity (Wildman–Crippen MR) is 76.6 cm³/mol. The summed E-state index contributed by atoms with van der Waals surface area (Å²) in [5, 5.41) is 8.10. The third-order valence-corrected chi connectivity index (χ3v) is 4.78. The Morgan fingerprint density at radius 1 is 1.24 bits per heavy atom. The van der Waals surface area contributed by atoms with Gasteiger partial charge >= 0.3 is 0 Å². The predicted octanol–water partition coefficient (Wildman–Crippen LogP) is 4.10. The molecule has 17 heavy (non-hydrogen) atoms. The van der Waals surface area contributed by atoms with Crippen molar-refractivity contribution in [2.45, 2.75) is 45.4 Å². The van der Waals surface area contributed by atoms with Gasteiger partial charge in [-0.2, -0.15) is 11.3 Å². The van der Waals surface area contributed by atoms with Gasteiger partial charge in [-0.3, -0.25) is 0 Å². The molecule has 0 radical (unpaired) electrons. The summed E-state index contributed by atoms with van der Waals surface area (Å²) in [5.41, 5.74) is 1.56. The van der Waals surface area contributed by atoms with Crippen LogP contribution in [0.15, 0.2) is 16.8 Å². The summed E-state index contributed by atoms with van der Waals surface area (Å²) in [6, 6.07) is 2.31. The fourth-order valence-electron chi connectivity index (χ4n) is 3.04. The first-order valence-electron chi connectivity index (χ1n) is 7.12. The van der Waals surface area contributed by atoms with E-state index in [1.54, 1.807) is 5.56 Å². The zero-order valence-electron chi connectivity index (χ0n) is 11.0. The number of nitrogens with one attached hydrogen (secondary N) is 1. The van der Waals surface area contributed by atoms with Crippen molar-refractivity contribution in [2.75, 3.05) is 13.1 Å². The maximum atomic E-state index is 3.56. The van der Waals surface area contributed by atoms with Crippen molar-refractivity contribution < 1.29 is 0 Å². The van der Waals surface area contributed by atoms with E-state index in [2.05, 4.69) is 29.1 Å². The molecule has 1 nitrogen and oxygen atoms in total. The molecule has 1 aliphatic rings. The molecule has 1 aromatic rings. The average Bonchev–Trinajstić information content (AvgIpc) is 2.74. The molecular weight excluding hydrogens is 226 g/mol. The summed E-state index contributed by atoms with van der Waals surface area (Å²) < 4.78 is 0. The van der Waals surface area contributed by atoms with Crippen LogP contribution in [0.4, 0.5) is 0 Å². The number of hydrogen-bond acceptors (Lipinski definition) is 2. The second kappa shape index (κ2) is 7.17. The van der Waals surface area contributed by atoms with Crippen molar-refractivity contribution in [2.24, 2.45) is 11.8 Å². The molecular formula is C15H25NS. The third kappa shape index (κ3) is 4.11. The Kier molecular flexibility index (Phi) is 5.53. The van der Waals surface area contributed by atoms with Crippen LogP contribution < -0.4 is 5.32 Å². The molecule has 0 amide bonds. The van der Waals surface area contributed by atoms with Gasteiger partial charge in [-0.05, 0) is 66.6 Å². The smallest absolute Gasteiger partial charge is 0.00179 e. The van der Waals surface area contributed by atoms with Gasteiger partial charge in [0.25, 0.3) is 0 Å². The lowest BCUT2D eigenvalue weighted by Crippen LogP contribution is -2.28. The number of hydrogen-bond donors (Lipinski definition) is 1. The van der Waals surface area contributed by atoms with Crippen LogP contribution in [0.25, 0.3) is 0 Å². The molecule has 2 unspecified atom stereocenters. The van der Waals surface area contributed by atoms with Gasteiger partial charge in [0, 0.05) is 0 Å². The molecule has 0 aliphatic heterocycles. The van der Waals surface area contributed by atoms with E-state index in [9.17, 15) is 0 Å². The molecule has 2 atom stereocenters. The third-order valence-electron chi connectivity index (χ3n) is 4.05. The zero-order chi connectivity index (χ0) is 11.9. The molecule has 0 aromatic carbocycles. The second-order valence-electron chi connectivity index (χ2n) is 5.30. The minimum atomic E-state index is 0.900. The first-order valence-corrected chi connectivity index (χ1v) is 8.06. The molecule has 1 saturated carbocycles. The maximum Gasteiger partial charge on any atom is -0.00179 e. The molecule has 0 bridgehead atoms. The van der Waals surface area contributed by atoms with Gasteiger partial charge in [-0.25, -0.2) is 0 Å². The lowest BCUT2D eigenvalue weighted by Gasteiger charge is -2.25. The Bertz CT molecular complexity index is 294. The maximum absolute atomic E-state index is 3.56. The Labute approximate surface area is 110 Å². The summed E-state index contributed by atoms with van der Waals surface area (Å²) in [7, 11) is 0. The quantitative estimate of drug-likeness (QED) is 0.777. The van der Waals surface area contributed by atoms with Crippen LogP contribution in [0.5, 0.6) is 0 Å². The van der Waals surface area contributed by atoms with Crippen LogP contribution in [0.2, 0.25) is 0 Å². The molecule has 1 aromatic heterocycles. The molecule has 2 heteroatoms. The summed E-state index contributed by atoms with van der Waals surface area (Å²) in [4.78, 5) is 0. The van der Waals surface area contributed by atoms with Crippen LogP contribution in [0, 0.1) is 11.8 Å². The first-order chi connectivity index (χ1) is 8.40. The number of rotatable bonds is 5. The zero-order valence-corrected chi connectivity index (χ0v) is 11.8. The lowest BCUT2D eigenvalue weighted by molar-refractivity contribution is 0.300. The minimum absolute atomic E-state index is 0.900. The van der Waals surface area contributed by atoms with Gasteiger partial charge < -0.3 is 5.32 Å². The molecule has 96 valence electrons. The largest absolute Gasteiger partial charge is 0.317 e. The van der Waals surface area contributed by atoms with Gasteiger partial charge in [-0.1, -0.05) is 26.2 Å². The van der Waals surface area contributed by atoms with E-state index in [4.69, 9.17) is 0 Å². The van der Waals surface area contributed by atoms with Gasteiger partial charge in [-0.15, -0.1) is 0 Å². The fourth-order valence-corrected chi connectivity index (χ4v) is 3.72. The van der Waals surface area contributed by atoms with Crippen LogP contribution in [0.3, 0.4) is 0 Å². The van der Waals surface area contributed by atoms with E-state index in [-0.39, 0.29) is 0 Å². The molecule has 0 saturated heterocycles. The molecule has 1 fully saturated rings. The summed E-state index contributed by atoms with van der Waals surface area (Å²) >= 11 is 1.84. The highest BCUT2D eigenvalue weighted by Gasteiger charge is 2.23. The van der Waals surface area contributed by atoms with Gasteiger partial charge in [0.1, 0.15) is 0 Å². The van der Waals surface area contributed by atoms with Gasteiger partial charge in [0.05, 0.1) is 0 Å². The van der Waals surface area contributed by atoms with E-state index in [0.29, 0.717) is 0 Å². The lowest BCUT2D eigenvalue weighted by atomic mass is 9.83. The minimum Gasteiger partial charge on any atom is -0.317 e. The summed E-state index contributed by atoms with van der Waals surface area (Å²) in [5.74, 6) is 1.81. The SMILES string of the molecule is CCNCC1CCCCCC1Cc1ccsc1. The van der Waals surface area contributed by atoms with E-state index < -0.39 is 0 Å². The Hall–Kier alpha value is -0.340. The molecule has 1 N–H and O–H groups in total. The van der Waals surface area contributed by atoms with Gasteiger partial charge in [0.15, 0.2) is 0 Å². The van der Waals surface area contributed by atoms with Crippen molar-refractivity contribution in [3.63, 3.8) is 0 Å². The van der Waals surface area contributed by atoms with Crippen molar-refractivity contribution in [1.82, 2.24) is 5.32 Å². The summed E-state index contributed by atoms with van der Waals surface area (Å²) in [6.07, 6.45) is 8.50. The number of thiophene rings is 1. The van der Waals surface area contributed by atoms with E-state index in [0.717, 1.165) is 18.4 Å². The highest BCUT2D eigenvalue weighted by atomic mass is 32.1. The van der Waals surface area contributed by atoms with Crippen LogP contribution in [-0.4, -0.2) is 13.1 Å². The monoisotopic (exact) mass is 251 g/mol. The molecule has 1 aliphatic carbocycles. The van der Waals surface area contributed by atoms with Gasteiger partial charge in [0.2, 0.25) is 0 Å². The Morgan fingerprint density at radius 3 is 2.76 bits per heavy atom. The van der Waals surface area contributed by atoms with Crippen molar-refractivity contribution in [3.05, 3.63) is 22.4 Å². The summed E-state index contributed by atoms with van der Waals surface area (Å²) in [6.45, 7) is 4.55. The average molecular weight is 251 g/mol. The fraction of sp³-hybridized carbons (Fsp3) is 0.733. The Balaban J connectivity index is 1.93. The van der Waals surface area contributed by atoms with Crippen molar-refractivity contribution in [1.29, 1.82) is 0 Å². The highest BCUT2D eigenvalue weighted by Crippen LogP contribution is 2.31. The van der Waals surface area contributed by atoms with Crippen molar-refractivity contribution in [3.8, 4) is 0 Å². The normalized spacial score (nSPS) is 25.7. The highest BCUT2D eigenvalue weighted by molar-refractivity contribution is 7.07. The molecule has 2 rings (SSSR count). The first kappa shape index (κ1) is 13.1. The van der Waals surface area contributed by atoms with E-state index >= 15 is 0 Å². The topological polar surface area (TPSA) is 12.0 Å². The molecule has 1 heterocycles. The second-order valence-corrected chi connectivity index (χ2v) is 6.08. The van der Waals surface area contributed by atoms with Crippen LogP contribution >= 0.6 is 11.3 Å². The standard InChI is InChI=1S/C15H25NS/c1-2-16-11-15-7-5-3-4-6-14(15)10-13-8-9-17-12-13/h8-9,12,14-16H,2-7,10-11H2,1H3.